The summed E-state index contributed by atoms with van der Waals surface area (Å²) in [6.07, 6.45) is 0. The van der Waals surface area contributed by atoms with E-state index in [0.717, 1.165) is 27.7 Å². The molecule has 0 spiro atoms. The van der Waals surface area contributed by atoms with Gasteiger partial charge in [0.15, 0.2) is 0 Å². The van der Waals surface area contributed by atoms with Crippen LogP contribution < -0.4 is 10.1 Å². The maximum Gasteiger partial charge on any atom is 0.251 e. The lowest BCUT2D eigenvalue weighted by Gasteiger charge is -2.16. The molecule has 3 aromatic rings. The molecule has 29 heavy (non-hydrogen) atoms. The number of rotatable bonds is 8. The van der Waals surface area contributed by atoms with Gasteiger partial charge in [0.05, 0.1) is 6.04 Å². The molecule has 5 heteroatoms. The second-order valence-electron chi connectivity index (χ2n) is 6.89. The first-order chi connectivity index (χ1) is 14.0. The number of thioether (sulfide) groups is 1. The van der Waals surface area contributed by atoms with E-state index in [-0.39, 0.29) is 11.9 Å². The molecule has 3 rings (SSSR count). The van der Waals surface area contributed by atoms with Crippen molar-refractivity contribution in [2.45, 2.75) is 30.5 Å². The normalized spacial score (nSPS) is 11.7. The quantitative estimate of drug-likeness (QED) is 0.440. The molecule has 1 unspecified atom stereocenters. The average molecular weight is 426 g/mol. The standard InChI is InChI=1S/C24H24ClNO2S/c1-17-5-3-4-6-23(17)28-15-18(2)26-24(27)20-9-7-19(8-10-20)16-29-22-13-11-21(25)12-14-22/h3-14,18H,15-16H2,1-2H3,(H,26,27). The first-order valence-corrected chi connectivity index (χ1v) is 10.8. The monoisotopic (exact) mass is 425 g/mol. The molecule has 0 fully saturated rings. The third-order valence-corrected chi connectivity index (χ3v) is 5.73. The van der Waals surface area contributed by atoms with Gasteiger partial charge in [0, 0.05) is 21.2 Å². The van der Waals surface area contributed by atoms with Crippen molar-refractivity contribution >= 4 is 29.3 Å². The highest BCUT2D eigenvalue weighted by molar-refractivity contribution is 7.98. The van der Waals surface area contributed by atoms with Crippen LogP contribution in [0.3, 0.4) is 0 Å². The van der Waals surface area contributed by atoms with E-state index in [1.165, 1.54) is 4.90 Å². The highest BCUT2D eigenvalue weighted by Crippen LogP contribution is 2.24. The van der Waals surface area contributed by atoms with Gasteiger partial charge in [-0.25, -0.2) is 0 Å². The summed E-state index contributed by atoms with van der Waals surface area (Å²) in [5, 5.41) is 3.73. The van der Waals surface area contributed by atoms with Gasteiger partial charge in [-0.2, -0.15) is 0 Å². The summed E-state index contributed by atoms with van der Waals surface area (Å²) in [6, 6.07) is 23.3. The van der Waals surface area contributed by atoms with Crippen LogP contribution in [0, 0.1) is 6.92 Å². The van der Waals surface area contributed by atoms with Crippen molar-refractivity contribution in [2.24, 2.45) is 0 Å². The van der Waals surface area contributed by atoms with Crippen molar-refractivity contribution in [3.63, 3.8) is 0 Å². The molecule has 0 aromatic heterocycles. The predicted molar refractivity (Wildman–Crippen MR) is 121 cm³/mol. The fraction of sp³-hybridized carbons (Fsp3) is 0.208. The first kappa shape index (κ1) is 21.3. The molecule has 1 N–H and O–H groups in total. The number of nitrogens with one attached hydrogen (secondary N) is 1. The van der Waals surface area contributed by atoms with Crippen LogP contribution in [0.5, 0.6) is 5.75 Å². The molecule has 0 aliphatic rings. The Hall–Kier alpha value is -2.43. The number of hydrogen-bond donors (Lipinski definition) is 1. The number of ether oxygens (including phenoxy) is 1. The molecule has 150 valence electrons. The Bertz CT molecular complexity index is 942. The maximum absolute atomic E-state index is 12.5. The van der Waals surface area contributed by atoms with Crippen molar-refractivity contribution in [3.8, 4) is 5.75 Å². The van der Waals surface area contributed by atoms with E-state index >= 15 is 0 Å². The minimum Gasteiger partial charge on any atom is -0.491 e. The number of carbonyl (C=O) groups is 1. The zero-order valence-electron chi connectivity index (χ0n) is 16.5. The Morgan fingerprint density at radius 2 is 1.72 bits per heavy atom. The van der Waals surface area contributed by atoms with Crippen LogP contribution in [0.4, 0.5) is 0 Å². The summed E-state index contributed by atoms with van der Waals surface area (Å²) in [5.74, 6) is 1.59. The summed E-state index contributed by atoms with van der Waals surface area (Å²) >= 11 is 7.65. The number of hydrogen-bond acceptors (Lipinski definition) is 3. The molecule has 1 amide bonds. The minimum atomic E-state index is -0.0951. The van der Waals surface area contributed by atoms with Gasteiger partial charge in [-0.1, -0.05) is 41.9 Å². The smallest absolute Gasteiger partial charge is 0.251 e. The van der Waals surface area contributed by atoms with Gasteiger partial charge in [-0.3, -0.25) is 4.79 Å². The van der Waals surface area contributed by atoms with Crippen LogP contribution in [0.15, 0.2) is 77.7 Å². The molecule has 0 radical (unpaired) electrons. The Morgan fingerprint density at radius 1 is 1.03 bits per heavy atom. The fourth-order valence-corrected chi connectivity index (χ4v) is 3.71. The Kier molecular flexibility index (Phi) is 7.62. The van der Waals surface area contributed by atoms with E-state index in [4.69, 9.17) is 16.3 Å². The second-order valence-corrected chi connectivity index (χ2v) is 8.38. The van der Waals surface area contributed by atoms with Crippen molar-refractivity contribution < 1.29 is 9.53 Å². The van der Waals surface area contributed by atoms with E-state index in [2.05, 4.69) is 5.32 Å². The number of para-hydroxylation sites is 1. The molecule has 3 aromatic carbocycles. The SMILES string of the molecule is Cc1ccccc1OCC(C)NC(=O)c1ccc(CSc2ccc(Cl)cc2)cc1. The van der Waals surface area contributed by atoms with Gasteiger partial charge in [-0.15, -0.1) is 11.8 Å². The summed E-state index contributed by atoms with van der Waals surface area (Å²) in [6.45, 7) is 4.37. The fourth-order valence-electron chi connectivity index (χ4n) is 2.73. The zero-order valence-corrected chi connectivity index (χ0v) is 18.1. The molecule has 0 saturated heterocycles. The van der Waals surface area contributed by atoms with Crippen LogP contribution in [-0.2, 0) is 5.75 Å². The van der Waals surface area contributed by atoms with Gasteiger partial charge in [0.25, 0.3) is 5.91 Å². The third kappa shape index (κ3) is 6.55. The summed E-state index contributed by atoms with van der Waals surface area (Å²) in [5.41, 5.74) is 2.89. The van der Waals surface area contributed by atoms with Crippen LogP contribution in [0.2, 0.25) is 5.02 Å². The van der Waals surface area contributed by atoms with E-state index in [9.17, 15) is 4.79 Å². The molecule has 1 atom stereocenters. The largest absolute Gasteiger partial charge is 0.491 e. The highest BCUT2D eigenvalue weighted by atomic mass is 35.5. The number of carbonyl (C=O) groups excluding carboxylic acids is 1. The lowest BCUT2D eigenvalue weighted by Crippen LogP contribution is -2.36. The van der Waals surface area contributed by atoms with Crippen molar-refractivity contribution in [2.75, 3.05) is 6.61 Å². The van der Waals surface area contributed by atoms with E-state index in [0.29, 0.717) is 12.2 Å². The number of halogens is 1. The van der Waals surface area contributed by atoms with Crippen LogP contribution in [0.1, 0.15) is 28.4 Å². The molecule has 3 nitrogen and oxygen atoms in total. The van der Waals surface area contributed by atoms with E-state index in [1.807, 2.05) is 86.6 Å². The lowest BCUT2D eigenvalue weighted by molar-refractivity contribution is 0.0926. The Labute approximate surface area is 181 Å². The number of amides is 1. The van der Waals surface area contributed by atoms with Crippen LogP contribution in [-0.4, -0.2) is 18.6 Å². The molecular formula is C24H24ClNO2S. The van der Waals surface area contributed by atoms with Gasteiger partial charge in [0.2, 0.25) is 0 Å². The van der Waals surface area contributed by atoms with Crippen LogP contribution in [0.25, 0.3) is 0 Å². The molecule has 0 aliphatic heterocycles. The second kappa shape index (κ2) is 10.4. The maximum atomic E-state index is 12.5. The highest BCUT2D eigenvalue weighted by Gasteiger charge is 2.11. The topological polar surface area (TPSA) is 38.3 Å². The lowest BCUT2D eigenvalue weighted by atomic mass is 10.1. The number of aryl methyl sites for hydroxylation is 1. The van der Waals surface area contributed by atoms with E-state index < -0.39 is 0 Å². The van der Waals surface area contributed by atoms with Crippen LogP contribution >= 0.6 is 23.4 Å². The van der Waals surface area contributed by atoms with Gasteiger partial charge in [0.1, 0.15) is 12.4 Å². The van der Waals surface area contributed by atoms with Gasteiger partial charge < -0.3 is 10.1 Å². The Balaban J connectivity index is 1.47. The minimum absolute atomic E-state index is 0.0946. The zero-order chi connectivity index (χ0) is 20.6. The third-order valence-electron chi connectivity index (χ3n) is 4.40. The summed E-state index contributed by atoms with van der Waals surface area (Å²) in [7, 11) is 0. The van der Waals surface area contributed by atoms with Gasteiger partial charge in [-0.05, 0) is 67.4 Å². The molecule has 0 aliphatic carbocycles. The molecular weight excluding hydrogens is 402 g/mol. The Morgan fingerprint density at radius 3 is 2.41 bits per heavy atom. The molecule has 0 bridgehead atoms. The molecule has 0 heterocycles. The predicted octanol–water partition coefficient (Wildman–Crippen LogP) is 6.14. The van der Waals surface area contributed by atoms with Gasteiger partial charge >= 0.3 is 0 Å². The van der Waals surface area contributed by atoms with Crippen molar-refractivity contribution in [3.05, 3.63) is 94.5 Å². The number of benzene rings is 3. The summed E-state index contributed by atoms with van der Waals surface area (Å²) in [4.78, 5) is 13.6. The average Bonchev–Trinajstić information content (AvgIpc) is 2.73. The van der Waals surface area contributed by atoms with Crippen molar-refractivity contribution in [1.29, 1.82) is 0 Å². The van der Waals surface area contributed by atoms with Crippen molar-refractivity contribution in [1.82, 2.24) is 5.32 Å². The molecule has 0 saturated carbocycles. The van der Waals surface area contributed by atoms with E-state index in [1.54, 1.807) is 11.8 Å². The summed E-state index contributed by atoms with van der Waals surface area (Å²) < 4.78 is 5.81. The first-order valence-electron chi connectivity index (χ1n) is 9.48.